The maximum Gasteiger partial charge on any atom is 0.238 e. The van der Waals surface area contributed by atoms with E-state index in [1.54, 1.807) is 0 Å². The second kappa shape index (κ2) is 6.10. The van der Waals surface area contributed by atoms with Crippen LogP contribution in [0.4, 0.5) is 5.69 Å². The molecule has 1 aliphatic rings. The average Bonchev–Trinajstić information content (AvgIpc) is 2.47. The Morgan fingerprint density at radius 1 is 1.24 bits per heavy atom. The number of sulfonamides is 1. The molecule has 0 unspecified atom stereocenters. The lowest BCUT2D eigenvalue weighted by molar-refractivity contribution is -0.130. The van der Waals surface area contributed by atoms with Crippen LogP contribution in [0, 0.1) is 5.41 Å². The Morgan fingerprint density at radius 2 is 1.81 bits per heavy atom. The van der Waals surface area contributed by atoms with Gasteiger partial charge in [-0.2, -0.15) is 0 Å². The summed E-state index contributed by atoms with van der Waals surface area (Å²) < 4.78 is 27.6. The molecule has 0 atom stereocenters. The molecule has 1 heterocycles. The summed E-state index contributed by atoms with van der Waals surface area (Å²) in [5.74, 6) is -0.170. The Labute approximate surface area is 123 Å². The zero-order chi connectivity index (χ0) is 15.5. The van der Waals surface area contributed by atoms with E-state index in [4.69, 9.17) is 15.6 Å². The smallest absolute Gasteiger partial charge is 0.238 e. The monoisotopic (exact) mass is 313 g/mol. The van der Waals surface area contributed by atoms with E-state index in [0.29, 0.717) is 31.7 Å². The number of nitrogens with one attached hydrogen (secondary N) is 1. The summed E-state index contributed by atoms with van der Waals surface area (Å²) in [6, 6.07) is 5.70. The molecule has 1 aromatic rings. The maximum absolute atomic E-state index is 12.4. The van der Waals surface area contributed by atoms with E-state index >= 15 is 0 Å². The van der Waals surface area contributed by atoms with E-state index in [2.05, 4.69) is 5.32 Å². The number of anilines is 1. The van der Waals surface area contributed by atoms with Crippen molar-refractivity contribution in [3.63, 3.8) is 0 Å². The molecule has 21 heavy (non-hydrogen) atoms. The summed E-state index contributed by atoms with van der Waals surface area (Å²) in [7, 11) is -3.73. The highest BCUT2D eigenvalue weighted by molar-refractivity contribution is 7.89. The van der Waals surface area contributed by atoms with Gasteiger partial charge in [-0.15, -0.1) is 0 Å². The second-order valence-electron chi connectivity index (χ2n) is 5.12. The summed E-state index contributed by atoms with van der Waals surface area (Å²) in [5.41, 5.74) is 5.64. The Bertz CT molecular complexity index is 607. The van der Waals surface area contributed by atoms with E-state index in [1.807, 2.05) is 0 Å². The number of hydrogen-bond donors (Lipinski definition) is 3. The third-order valence-electron chi connectivity index (χ3n) is 3.76. The number of ether oxygens (including phenoxy) is 1. The van der Waals surface area contributed by atoms with Gasteiger partial charge in [0.2, 0.25) is 15.9 Å². The summed E-state index contributed by atoms with van der Waals surface area (Å²) in [6.07, 6.45) is 1.15. The standard InChI is InChI=1S/C13H19N3O4S/c14-9-13(5-7-20-8-6-13)12(17)16-10-1-3-11(4-2-10)21(15,18)19/h1-4H,5-9,14H2,(H,16,17)(H2,15,18,19). The van der Waals surface area contributed by atoms with Crippen molar-refractivity contribution in [3.8, 4) is 0 Å². The van der Waals surface area contributed by atoms with Gasteiger partial charge in [-0.05, 0) is 37.1 Å². The Morgan fingerprint density at radius 3 is 2.29 bits per heavy atom. The molecule has 0 spiro atoms. The number of rotatable bonds is 4. The van der Waals surface area contributed by atoms with Crippen LogP contribution < -0.4 is 16.2 Å². The Balaban J connectivity index is 2.12. The summed E-state index contributed by atoms with van der Waals surface area (Å²) in [4.78, 5) is 12.4. The highest BCUT2D eigenvalue weighted by Crippen LogP contribution is 2.31. The molecule has 1 aliphatic heterocycles. The van der Waals surface area contributed by atoms with Crippen molar-refractivity contribution in [1.29, 1.82) is 0 Å². The van der Waals surface area contributed by atoms with Gasteiger partial charge in [0.1, 0.15) is 0 Å². The van der Waals surface area contributed by atoms with Gasteiger partial charge >= 0.3 is 0 Å². The molecule has 116 valence electrons. The molecule has 0 aliphatic carbocycles. The number of primary sulfonamides is 1. The fourth-order valence-electron chi connectivity index (χ4n) is 2.28. The van der Waals surface area contributed by atoms with E-state index in [1.165, 1.54) is 24.3 Å². The lowest BCUT2D eigenvalue weighted by Gasteiger charge is -2.34. The molecule has 7 nitrogen and oxygen atoms in total. The molecule has 0 radical (unpaired) electrons. The van der Waals surface area contributed by atoms with Crippen LogP contribution in [0.5, 0.6) is 0 Å². The molecule has 5 N–H and O–H groups in total. The topological polar surface area (TPSA) is 125 Å². The molecule has 1 saturated heterocycles. The van der Waals surface area contributed by atoms with Crippen LogP contribution in [0.25, 0.3) is 0 Å². The second-order valence-corrected chi connectivity index (χ2v) is 6.68. The number of carbonyl (C=O) groups is 1. The molecule has 2 rings (SSSR count). The minimum Gasteiger partial charge on any atom is -0.381 e. The first-order valence-corrected chi connectivity index (χ1v) is 8.14. The van der Waals surface area contributed by atoms with Gasteiger partial charge in [-0.25, -0.2) is 13.6 Å². The van der Waals surface area contributed by atoms with Crippen LogP contribution in [0.2, 0.25) is 0 Å². The van der Waals surface area contributed by atoms with Crippen molar-refractivity contribution in [3.05, 3.63) is 24.3 Å². The normalized spacial score (nSPS) is 18.2. The van der Waals surface area contributed by atoms with Gasteiger partial charge < -0.3 is 15.8 Å². The summed E-state index contributed by atoms with van der Waals surface area (Å²) >= 11 is 0. The fraction of sp³-hybridized carbons (Fsp3) is 0.462. The van der Waals surface area contributed by atoms with E-state index in [0.717, 1.165) is 0 Å². The van der Waals surface area contributed by atoms with E-state index < -0.39 is 15.4 Å². The van der Waals surface area contributed by atoms with Crippen LogP contribution in [0.15, 0.2) is 29.2 Å². The van der Waals surface area contributed by atoms with Crippen LogP contribution in [0.3, 0.4) is 0 Å². The van der Waals surface area contributed by atoms with Crippen LogP contribution in [-0.4, -0.2) is 34.1 Å². The Hall–Kier alpha value is -1.48. The van der Waals surface area contributed by atoms with Gasteiger partial charge in [0, 0.05) is 25.4 Å². The maximum atomic E-state index is 12.4. The number of carbonyl (C=O) groups excluding carboxylic acids is 1. The molecule has 1 amide bonds. The van der Waals surface area contributed by atoms with Gasteiger partial charge in [0.15, 0.2) is 0 Å². The predicted octanol–water partition coefficient (Wildman–Crippen LogP) is 0.0280. The summed E-state index contributed by atoms with van der Waals surface area (Å²) in [6.45, 7) is 1.27. The van der Waals surface area contributed by atoms with Crippen molar-refractivity contribution in [1.82, 2.24) is 0 Å². The first-order valence-electron chi connectivity index (χ1n) is 6.59. The third-order valence-corrected chi connectivity index (χ3v) is 4.69. The van der Waals surface area contributed by atoms with Crippen LogP contribution in [-0.2, 0) is 19.6 Å². The zero-order valence-electron chi connectivity index (χ0n) is 11.5. The molecule has 0 saturated carbocycles. The fourth-order valence-corrected chi connectivity index (χ4v) is 2.79. The first kappa shape index (κ1) is 15.9. The highest BCUT2D eigenvalue weighted by Gasteiger charge is 2.38. The average molecular weight is 313 g/mol. The SMILES string of the molecule is NCC1(C(=O)Nc2ccc(S(N)(=O)=O)cc2)CCOCC1. The molecule has 8 heteroatoms. The quantitative estimate of drug-likeness (QED) is 0.723. The lowest BCUT2D eigenvalue weighted by Crippen LogP contribution is -2.46. The molecular formula is C13H19N3O4S. The van der Waals surface area contributed by atoms with Crippen LogP contribution in [0.1, 0.15) is 12.8 Å². The highest BCUT2D eigenvalue weighted by atomic mass is 32.2. The minimum atomic E-state index is -3.73. The number of benzene rings is 1. The van der Waals surface area contributed by atoms with Gasteiger partial charge in [-0.1, -0.05) is 0 Å². The largest absolute Gasteiger partial charge is 0.381 e. The number of hydrogen-bond acceptors (Lipinski definition) is 5. The molecule has 0 bridgehead atoms. The van der Waals surface area contributed by atoms with Crippen molar-refractivity contribution in [2.24, 2.45) is 16.3 Å². The van der Waals surface area contributed by atoms with E-state index in [-0.39, 0.29) is 17.3 Å². The van der Waals surface area contributed by atoms with Crippen molar-refractivity contribution >= 4 is 21.6 Å². The zero-order valence-corrected chi connectivity index (χ0v) is 12.4. The number of amides is 1. The number of nitrogens with two attached hydrogens (primary N) is 2. The minimum absolute atomic E-state index is 0.0000958. The molecule has 1 fully saturated rings. The van der Waals surface area contributed by atoms with Gasteiger partial charge in [-0.3, -0.25) is 4.79 Å². The van der Waals surface area contributed by atoms with E-state index in [9.17, 15) is 13.2 Å². The van der Waals surface area contributed by atoms with Crippen LogP contribution >= 0.6 is 0 Å². The first-order chi connectivity index (χ1) is 9.87. The lowest BCUT2D eigenvalue weighted by atomic mass is 9.79. The van der Waals surface area contributed by atoms with Gasteiger partial charge in [0.05, 0.1) is 10.3 Å². The molecule has 1 aromatic carbocycles. The summed E-state index contributed by atoms with van der Waals surface area (Å²) in [5, 5.41) is 7.79. The molecule has 0 aromatic heterocycles. The third kappa shape index (κ3) is 3.59. The Kier molecular flexibility index (Phi) is 4.62. The predicted molar refractivity (Wildman–Crippen MR) is 78.0 cm³/mol. The van der Waals surface area contributed by atoms with Crippen molar-refractivity contribution in [2.45, 2.75) is 17.7 Å². The van der Waals surface area contributed by atoms with Gasteiger partial charge in [0.25, 0.3) is 0 Å². The van der Waals surface area contributed by atoms with Crippen molar-refractivity contribution in [2.75, 3.05) is 25.1 Å². The van der Waals surface area contributed by atoms with Crippen molar-refractivity contribution < 1.29 is 17.9 Å². The molecular weight excluding hydrogens is 294 g/mol.